The highest BCUT2D eigenvalue weighted by molar-refractivity contribution is 7.80. The monoisotopic (exact) mass is 487 g/mol. The summed E-state index contributed by atoms with van der Waals surface area (Å²) in [5.41, 5.74) is 1.79. The average molecular weight is 488 g/mol. The average Bonchev–Trinajstić information content (AvgIpc) is 2.73. The van der Waals surface area contributed by atoms with Crippen molar-refractivity contribution in [2.75, 3.05) is 5.75 Å². The van der Waals surface area contributed by atoms with E-state index in [2.05, 4.69) is 29.3 Å². The highest BCUT2D eigenvalue weighted by Crippen LogP contribution is 2.26. The fourth-order valence-electron chi connectivity index (χ4n) is 4.18. The standard InChI is InChI=1S/C26H37N3O4S/c1-7-29(24(31)21(16-34)28-25(32)33-26(4,5)6)22(19-14-17(2)13-18(3)15-19)23(30)27-20-11-9-8-10-12-20/h1,13-15,20-22,34H,8-12,16H2,2-6H3,(H,27,30)(H,28,32). The fraction of sp³-hybridized carbons (Fsp3) is 0.577. The van der Waals surface area contributed by atoms with Gasteiger partial charge >= 0.3 is 6.09 Å². The smallest absolute Gasteiger partial charge is 0.408 e. The maximum absolute atomic E-state index is 13.5. The number of thiol groups is 1. The largest absolute Gasteiger partial charge is 0.444 e. The van der Waals surface area contributed by atoms with Crippen LogP contribution in [0.3, 0.4) is 0 Å². The van der Waals surface area contributed by atoms with Crippen molar-refractivity contribution in [3.63, 3.8) is 0 Å². The summed E-state index contributed by atoms with van der Waals surface area (Å²) in [5.74, 6) is -0.954. The molecule has 0 saturated heterocycles. The first-order valence-corrected chi connectivity index (χ1v) is 12.4. The van der Waals surface area contributed by atoms with Crippen LogP contribution in [-0.4, -0.2) is 46.2 Å². The normalized spacial score (nSPS) is 16.0. The van der Waals surface area contributed by atoms with Gasteiger partial charge in [-0.1, -0.05) is 55.0 Å². The summed E-state index contributed by atoms with van der Waals surface area (Å²) in [5, 5.41) is 5.63. The Kier molecular flexibility index (Phi) is 9.87. The zero-order valence-corrected chi connectivity index (χ0v) is 21.7. The van der Waals surface area contributed by atoms with Gasteiger partial charge in [-0.3, -0.25) is 14.5 Å². The second kappa shape index (κ2) is 12.2. The van der Waals surface area contributed by atoms with Crippen LogP contribution >= 0.6 is 12.6 Å². The zero-order chi connectivity index (χ0) is 25.5. The van der Waals surface area contributed by atoms with Crippen LogP contribution in [-0.2, 0) is 14.3 Å². The van der Waals surface area contributed by atoms with Crippen molar-refractivity contribution in [2.45, 2.75) is 90.4 Å². The Morgan fingerprint density at radius 1 is 1.15 bits per heavy atom. The summed E-state index contributed by atoms with van der Waals surface area (Å²) < 4.78 is 5.27. The van der Waals surface area contributed by atoms with Crippen molar-refractivity contribution < 1.29 is 19.1 Å². The number of rotatable bonds is 7. The van der Waals surface area contributed by atoms with E-state index in [0.29, 0.717) is 5.56 Å². The molecule has 1 aliphatic rings. The van der Waals surface area contributed by atoms with E-state index in [1.807, 2.05) is 32.0 Å². The van der Waals surface area contributed by atoms with E-state index in [4.69, 9.17) is 11.2 Å². The summed E-state index contributed by atoms with van der Waals surface area (Å²) in [6, 6.07) is 6.03. The van der Waals surface area contributed by atoms with E-state index in [0.717, 1.165) is 48.1 Å². The zero-order valence-electron chi connectivity index (χ0n) is 20.8. The third-order valence-electron chi connectivity index (χ3n) is 5.57. The topological polar surface area (TPSA) is 87.7 Å². The van der Waals surface area contributed by atoms with E-state index >= 15 is 0 Å². The number of aryl methyl sites for hydroxylation is 2. The van der Waals surface area contributed by atoms with E-state index in [1.165, 1.54) is 0 Å². The molecule has 7 nitrogen and oxygen atoms in total. The lowest BCUT2D eigenvalue weighted by atomic mass is 9.94. The molecule has 0 radical (unpaired) electrons. The number of terminal acetylenes is 1. The van der Waals surface area contributed by atoms with Crippen LogP contribution in [0.15, 0.2) is 18.2 Å². The van der Waals surface area contributed by atoms with Gasteiger partial charge in [-0.25, -0.2) is 4.79 Å². The van der Waals surface area contributed by atoms with E-state index in [9.17, 15) is 14.4 Å². The molecule has 8 heteroatoms. The van der Waals surface area contributed by atoms with Crippen molar-refractivity contribution in [3.05, 3.63) is 34.9 Å². The Hall–Kier alpha value is -2.66. The van der Waals surface area contributed by atoms with Crippen LogP contribution < -0.4 is 10.6 Å². The van der Waals surface area contributed by atoms with E-state index < -0.39 is 29.7 Å². The van der Waals surface area contributed by atoms with Crippen LogP contribution in [0.2, 0.25) is 0 Å². The molecule has 2 atom stereocenters. The molecular weight excluding hydrogens is 450 g/mol. The molecule has 2 N–H and O–H groups in total. The molecule has 0 spiro atoms. The Morgan fingerprint density at radius 2 is 1.74 bits per heavy atom. The molecule has 34 heavy (non-hydrogen) atoms. The summed E-state index contributed by atoms with van der Waals surface area (Å²) in [6.07, 6.45) is 10.1. The molecule has 0 aliphatic heterocycles. The molecule has 1 aliphatic carbocycles. The van der Waals surface area contributed by atoms with Gasteiger partial charge in [0.2, 0.25) is 5.91 Å². The highest BCUT2D eigenvalue weighted by Gasteiger charge is 2.36. The van der Waals surface area contributed by atoms with Gasteiger partial charge in [-0.05, 0) is 53.0 Å². The first-order valence-electron chi connectivity index (χ1n) is 11.7. The van der Waals surface area contributed by atoms with Gasteiger partial charge in [-0.2, -0.15) is 12.6 Å². The second-order valence-corrected chi connectivity index (χ2v) is 10.3. The Morgan fingerprint density at radius 3 is 2.24 bits per heavy atom. The molecule has 0 aromatic heterocycles. The minimum absolute atomic E-state index is 0.0138. The van der Waals surface area contributed by atoms with Crippen LogP contribution in [0.5, 0.6) is 0 Å². The SMILES string of the molecule is C#CN(C(=O)C(CS)NC(=O)OC(C)(C)C)C(C(=O)NC1CCCCC1)c1cc(C)cc(C)c1. The quantitative estimate of drug-likeness (QED) is 0.308. The predicted octanol–water partition coefficient (Wildman–Crippen LogP) is 4.04. The fourth-order valence-corrected chi connectivity index (χ4v) is 4.43. The predicted molar refractivity (Wildman–Crippen MR) is 136 cm³/mol. The number of hydrogen-bond donors (Lipinski definition) is 3. The van der Waals surface area contributed by atoms with Crippen molar-refractivity contribution in [1.82, 2.24) is 15.5 Å². The number of amides is 3. The van der Waals surface area contributed by atoms with Gasteiger partial charge in [0.25, 0.3) is 5.91 Å². The van der Waals surface area contributed by atoms with Gasteiger partial charge in [0.15, 0.2) is 0 Å². The van der Waals surface area contributed by atoms with Crippen molar-refractivity contribution in [3.8, 4) is 12.5 Å². The Bertz CT molecular complexity index is 909. The summed E-state index contributed by atoms with van der Waals surface area (Å²) in [4.78, 5) is 40.4. The molecule has 186 valence electrons. The lowest BCUT2D eigenvalue weighted by molar-refractivity contribution is -0.138. The molecule has 2 rings (SSSR count). The maximum atomic E-state index is 13.5. The minimum atomic E-state index is -1.06. The lowest BCUT2D eigenvalue weighted by Crippen LogP contribution is -2.53. The molecule has 1 fully saturated rings. The third-order valence-corrected chi connectivity index (χ3v) is 5.93. The van der Waals surface area contributed by atoms with Gasteiger partial charge in [-0.15, -0.1) is 0 Å². The van der Waals surface area contributed by atoms with Gasteiger partial charge in [0.05, 0.1) is 0 Å². The molecule has 0 heterocycles. The molecule has 1 aromatic carbocycles. The number of hydrogen-bond acceptors (Lipinski definition) is 5. The number of nitrogens with one attached hydrogen (secondary N) is 2. The number of benzene rings is 1. The number of nitrogens with zero attached hydrogens (tertiary/aromatic N) is 1. The molecule has 2 unspecified atom stereocenters. The van der Waals surface area contributed by atoms with Crippen LogP contribution in [0, 0.1) is 26.3 Å². The van der Waals surface area contributed by atoms with Crippen LogP contribution in [0.4, 0.5) is 4.79 Å². The Balaban J connectivity index is 2.36. The number of carbonyl (C=O) groups is 3. The number of carbonyl (C=O) groups excluding carboxylic acids is 3. The van der Waals surface area contributed by atoms with Crippen LogP contribution in [0.1, 0.15) is 75.6 Å². The lowest BCUT2D eigenvalue weighted by Gasteiger charge is -2.32. The van der Waals surface area contributed by atoms with Crippen LogP contribution in [0.25, 0.3) is 0 Å². The second-order valence-electron chi connectivity index (χ2n) is 9.89. The van der Waals surface area contributed by atoms with E-state index in [1.54, 1.807) is 20.8 Å². The highest BCUT2D eigenvalue weighted by atomic mass is 32.1. The van der Waals surface area contributed by atoms with Crippen molar-refractivity contribution >= 4 is 30.5 Å². The summed E-state index contributed by atoms with van der Waals surface area (Å²) in [6.45, 7) is 9.03. The van der Waals surface area contributed by atoms with Crippen molar-refractivity contribution in [2.24, 2.45) is 0 Å². The van der Waals surface area contributed by atoms with Gasteiger partial charge in [0, 0.05) is 17.8 Å². The molecule has 1 aromatic rings. The first-order chi connectivity index (χ1) is 15.9. The van der Waals surface area contributed by atoms with E-state index in [-0.39, 0.29) is 17.7 Å². The molecule has 0 bridgehead atoms. The van der Waals surface area contributed by atoms with Crippen molar-refractivity contribution in [1.29, 1.82) is 0 Å². The molecule has 3 amide bonds. The minimum Gasteiger partial charge on any atom is -0.444 e. The number of alkyl carbamates (subject to hydrolysis) is 1. The van der Waals surface area contributed by atoms with Gasteiger partial charge in [0.1, 0.15) is 17.7 Å². The molecule has 1 saturated carbocycles. The molecular formula is C26H37N3O4S. The maximum Gasteiger partial charge on any atom is 0.408 e. The first kappa shape index (κ1) is 27.6. The number of ether oxygens (including phenoxy) is 1. The Labute approximate surface area is 208 Å². The third kappa shape index (κ3) is 7.98. The summed E-state index contributed by atoms with van der Waals surface area (Å²) in [7, 11) is 0. The van der Waals surface area contributed by atoms with Gasteiger partial charge < -0.3 is 15.4 Å². The summed E-state index contributed by atoms with van der Waals surface area (Å²) >= 11 is 4.23.